The maximum atomic E-state index is 13.2. The highest BCUT2D eigenvalue weighted by atomic mass is 32.2. The molecule has 10 heteroatoms. The highest BCUT2D eigenvalue weighted by Crippen LogP contribution is 2.28. The molecule has 0 radical (unpaired) electrons. The molecule has 41 heavy (non-hydrogen) atoms. The van der Waals surface area contributed by atoms with Gasteiger partial charge in [-0.25, -0.2) is 22.9 Å². The zero-order chi connectivity index (χ0) is 29.4. The molecule has 0 atom stereocenters. The number of aryl methyl sites for hydroxylation is 2. The van der Waals surface area contributed by atoms with E-state index in [0.717, 1.165) is 41.2 Å². The van der Waals surface area contributed by atoms with Crippen LogP contribution in [0.1, 0.15) is 48.6 Å². The van der Waals surface area contributed by atoms with Crippen LogP contribution in [-0.4, -0.2) is 35.7 Å². The molecule has 8 nitrogen and oxygen atoms in total. The second-order valence-electron chi connectivity index (χ2n) is 9.38. The maximum Gasteiger partial charge on any atom is 0.421 e. The first-order chi connectivity index (χ1) is 19.7. The first kappa shape index (κ1) is 30.0. The third kappa shape index (κ3) is 7.39. The third-order valence-corrected chi connectivity index (χ3v) is 8.06. The van der Waals surface area contributed by atoms with Crippen molar-refractivity contribution in [2.45, 2.75) is 51.7 Å². The summed E-state index contributed by atoms with van der Waals surface area (Å²) in [5.74, 6) is 0.938. The largest absolute Gasteiger partial charge is 0.482 e. The van der Waals surface area contributed by atoms with Crippen LogP contribution in [0.15, 0.2) is 83.8 Å². The normalized spacial score (nSPS) is 11.2. The second-order valence-corrected chi connectivity index (χ2v) is 11.4. The van der Waals surface area contributed by atoms with Crippen LogP contribution in [0.25, 0.3) is 11.1 Å². The predicted octanol–water partition coefficient (Wildman–Crippen LogP) is 6.19. The smallest absolute Gasteiger partial charge is 0.421 e. The number of carbonyl (C=O) groups excluding carboxylic acids is 1. The minimum atomic E-state index is -4.20. The van der Waals surface area contributed by atoms with Crippen LogP contribution < -0.4 is 4.72 Å². The van der Waals surface area contributed by atoms with Gasteiger partial charge >= 0.3 is 6.09 Å². The minimum absolute atomic E-state index is 0.0239. The molecular weight excluding hydrogens is 558 g/mol. The van der Waals surface area contributed by atoms with Gasteiger partial charge in [-0.2, -0.15) is 0 Å². The first-order valence-electron chi connectivity index (χ1n) is 13.4. The number of aromatic nitrogens is 2. The van der Waals surface area contributed by atoms with Crippen molar-refractivity contribution < 1.29 is 22.7 Å². The summed E-state index contributed by atoms with van der Waals surface area (Å²) in [6.07, 6.45) is 0.702. The first-order valence-corrected chi connectivity index (χ1v) is 15.3. The van der Waals surface area contributed by atoms with Crippen molar-refractivity contribution in [3.63, 3.8) is 0 Å². The summed E-state index contributed by atoms with van der Waals surface area (Å²) in [5, 5.41) is 0.422. The van der Waals surface area contributed by atoms with Crippen LogP contribution >= 0.6 is 12.2 Å². The van der Waals surface area contributed by atoms with Gasteiger partial charge in [0.2, 0.25) is 5.05 Å². The monoisotopic (exact) mass is 591 g/mol. The Kier molecular flexibility index (Phi) is 9.91. The van der Waals surface area contributed by atoms with E-state index in [1.165, 1.54) is 6.07 Å². The quantitative estimate of drug-likeness (QED) is 0.208. The van der Waals surface area contributed by atoms with Gasteiger partial charge in [-0.1, -0.05) is 79.7 Å². The molecule has 4 aromatic rings. The molecule has 3 aromatic carbocycles. The lowest BCUT2D eigenvalue weighted by Gasteiger charge is -2.15. The lowest BCUT2D eigenvalue weighted by atomic mass is 10.0. The third-order valence-electron chi connectivity index (χ3n) is 6.38. The van der Waals surface area contributed by atoms with E-state index in [9.17, 15) is 13.2 Å². The molecule has 0 bridgehead atoms. The van der Waals surface area contributed by atoms with Gasteiger partial charge in [-0.3, -0.25) is 0 Å². The summed E-state index contributed by atoms with van der Waals surface area (Å²) in [4.78, 5) is 17.0. The fourth-order valence-electron chi connectivity index (χ4n) is 4.50. The van der Waals surface area contributed by atoms with Crippen LogP contribution in [0.4, 0.5) is 4.79 Å². The summed E-state index contributed by atoms with van der Waals surface area (Å²) in [5.41, 5.74) is 4.53. The molecule has 0 saturated heterocycles. The molecule has 0 aliphatic heterocycles. The molecule has 214 valence electrons. The number of hydrogen-bond acceptors (Lipinski definition) is 7. The fraction of sp³-hybridized carbons (Fsp3) is 0.258. The number of nitrogens with one attached hydrogen (secondary N) is 1. The van der Waals surface area contributed by atoms with Crippen LogP contribution in [0.3, 0.4) is 0 Å². The summed E-state index contributed by atoms with van der Waals surface area (Å²) >= 11 is 5.53. The van der Waals surface area contributed by atoms with E-state index in [0.29, 0.717) is 29.3 Å². The van der Waals surface area contributed by atoms with Crippen LogP contribution in [0, 0.1) is 6.92 Å². The van der Waals surface area contributed by atoms with Gasteiger partial charge in [0.25, 0.3) is 10.0 Å². The Bertz CT molecular complexity index is 1620. The molecule has 0 fully saturated rings. The number of rotatable bonds is 11. The number of carbonyl (C=O) groups is 1. The van der Waals surface area contributed by atoms with Crippen molar-refractivity contribution >= 4 is 33.4 Å². The topological polar surface area (TPSA) is 99.5 Å². The van der Waals surface area contributed by atoms with E-state index in [-0.39, 0.29) is 11.5 Å². The van der Waals surface area contributed by atoms with Gasteiger partial charge in [0.15, 0.2) is 0 Å². The van der Waals surface area contributed by atoms with Gasteiger partial charge < -0.3 is 14.0 Å². The number of benzene rings is 3. The maximum absolute atomic E-state index is 13.2. The van der Waals surface area contributed by atoms with Crippen molar-refractivity contribution in [1.29, 1.82) is 0 Å². The Balaban J connectivity index is 1.55. The molecule has 1 aromatic heterocycles. The van der Waals surface area contributed by atoms with Crippen LogP contribution in [0.5, 0.6) is 0 Å². The van der Waals surface area contributed by atoms with E-state index in [2.05, 4.69) is 11.5 Å². The highest BCUT2D eigenvalue weighted by Gasteiger charge is 2.23. The predicted molar refractivity (Wildman–Crippen MR) is 162 cm³/mol. The van der Waals surface area contributed by atoms with Gasteiger partial charge in [0, 0.05) is 18.5 Å². The zero-order valence-electron chi connectivity index (χ0n) is 23.3. The summed E-state index contributed by atoms with van der Waals surface area (Å²) in [7, 11) is -4.20. The average Bonchev–Trinajstić information content (AvgIpc) is 3.27. The van der Waals surface area contributed by atoms with Gasteiger partial charge in [-0.15, -0.1) is 0 Å². The van der Waals surface area contributed by atoms with E-state index in [4.69, 9.17) is 26.7 Å². The Morgan fingerprint density at radius 2 is 1.61 bits per heavy atom. The van der Waals surface area contributed by atoms with Crippen molar-refractivity contribution in [2.24, 2.45) is 0 Å². The van der Waals surface area contributed by atoms with Crippen molar-refractivity contribution in [3.8, 4) is 11.1 Å². The lowest BCUT2D eigenvalue weighted by molar-refractivity contribution is 0.146. The summed E-state index contributed by atoms with van der Waals surface area (Å²) in [6, 6.07) is 23.2. The second kappa shape index (κ2) is 13.6. The summed E-state index contributed by atoms with van der Waals surface area (Å²) < 4.78 is 41.2. The fourth-order valence-corrected chi connectivity index (χ4v) is 6.00. The van der Waals surface area contributed by atoms with E-state index < -0.39 is 16.1 Å². The molecule has 1 heterocycles. The van der Waals surface area contributed by atoms with E-state index in [1.807, 2.05) is 61.0 Å². The Morgan fingerprint density at radius 1 is 0.927 bits per heavy atom. The molecular formula is C31H33N3O5S2. The number of sulfonamides is 1. The van der Waals surface area contributed by atoms with Crippen LogP contribution in [0.2, 0.25) is 0 Å². The molecule has 0 spiro atoms. The highest BCUT2D eigenvalue weighted by molar-refractivity contribution is 7.90. The molecule has 0 aliphatic carbocycles. The van der Waals surface area contributed by atoms with Crippen molar-refractivity contribution in [2.75, 3.05) is 6.61 Å². The molecule has 0 saturated carbocycles. The Hall–Kier alpha value is -4.02. The van der Waals surface area contributed by atoms with E-state index >= 15 is 0 Å². The molecule has 0 aliphatic rings. The standard InChI is InChI=1S/C31H33N3O5S2/c1-4-11-28-32-22(3)29(30(40)38-5-2)34(28)20-23-16-18-25(19-17-23)26-14-9-10-15-27(26)41(36,37)33-31(35)39-21-24-12-7-6-8-13-24/h6-10,12-19H,4-5,11,20-21H2,1-3H3,(H,33,35). The van der Waals surface area contributed by atoms with Gasteiger partial charge in [0.1, 0.15) is 18.1 Å². The SMILES string of the molecule is CCCc1nc(C)c(C(=S)OCC)n1Cc1ccc(-c2ccccc2S(=O)(=O)NC(=O)OCc2ccccc2)cc1. The zero-order valence-corrected chi connectivity index (χ0v) is 24.9. The molecule has 1 amide bonds. The van der Waals surface area contributed by atoms with E-state index in [1.54, 1.807) is 30.3 Å². The van der Waals surface area contributed by atoms with Gasteiger partial charge in [0.05, 0.1) is 17.2 Å². The number of amides is 1. The Labute approximate surface area is 246 Å². The van der Waals surface area contributed by atoms with Gasteiger partial charge in [-0.05, 0) is 55.2 Å². The summed E-state index contributed by atoms with van der Waals surface area (Å²) in [6.45, 7) is 6.90. The number of thiocarbonyl (C=S) groups is 1. The number of ether oxygens (including phenoxy) is 2. The van der Waals surface area contributed by atoms with Crippen molar-refractivity contribution in [1.82, 2.24) is 14.3 Å². The number of nitrogens with zero attached hydrogens (tertiary/aromatic N) is 2. The number of imidazole rings is 1. The van der Waals surface area contributed by atoms with Crippen LogP contribution in [-0.2, 0) is 39.1 Å². The Morgan fingerprint density at radius 3 is 2.29 bits per heavy atom. The average molecular weight is 592 g/mol. The molecule has 0 unspecified atom stereocenters. The lowest BCUT2D eigenvalue weighted by Crippen LogP contribution is -2.31. The number of hydrogen-bond donors (Lipinski definition) is 1. The molecule has 1 N–H and O–H groups in total. The van der Waals surface area contributed by atoms with Crippen molar-refractivity contribution in [3.05, 3.63) is 107 Å². The molecule has 4 rings (SSSR count). The minimum Gasteiger partial charge on any atom is -0.482 e.